The maximum absolute atomic E-state index is 5.28. The quantitative estimate of drug-likeness (QED) is 0.0772. The van der Waals surface area contributed by atoms with Crippen molar-refractivity contribution >= 4 is 0 Å². The molecule has 0 radical (unpaired) electrons. The second-order valence-electron chi connectivity index (χ2n) is 21.7. The predicted octanol–water partition coefficient (Wildman–Crippen LogP) is 12.6. The molecule has 2 rings (SSSR count). The van der Waals surface area contributed by atoms with Gasteiger partial charge >= 0.3 is 0 Å². The van der Waals surface area contributed by atoms with Gasteiger partial charge in [0.1, 0.15) is 0 Å². The first-order chi connectivity index (χ1) is 32.3. The van der Waals surface area contributed by atoms with Gasteiger partial charge < -0.3 is 46.6 Å². The van der Waals surface area contributed by atoms with Crippen molar-refractivity contribution in [1.29, 1.82) is 0 Å². The highest BCUT2D eigenvalue weighted by atomic mass is 15.3. The summed E-state index contributed by atoms with van der Waals surface area (Å²) in [5.41, 5.74) is 5.28. The largest absolute Gasteiger partial charge is 0.330 e. The van der Waals surface area contributed by atoms with Gasteiger partial charge in [0, 0.05) is 89.6 Å². The molecule has 2 aliphatic heterocycles. The molecule has 0 aromatic carbocycles. The molecular weight excluding hydrogens is 835 g/mol. The van der Waals surface area contributed by atoms with Gasteiger partial charge in [0.15, 0.2) is 0 Å². The predicted molar refractivity (Wildman–Crippen MR) is 315 cm³/mol. The zero-order chi connectivity index (χ0) is 53.3. The van der Waals surface area contributed by atoms with E-state index >= 15 is 0 Å². The van der Waals surface area contributed by atoms with Gasteiger partial charge in [0.25, 0.3) is 0 Å². The van der Waals surface area contributed by atoms with E-state index in [1.54, 1.807) is 0 Å². The van der Waals surface area contributed by atoms with Crippen LogP contribution < -0.4 is 27.0 Å². The molecule has 0 saturated carbocycles. The summed E-state index contributed by atoms with van der Waals surface area (Å²) >= 11 is 0. The molecular formula is C59H137N9. The Balaban J connectivity index is -0.000000236. The number of likely N-dealkylation sites (N-methyl/N-ethyl adjacent to an activating group) is 3. The standard InChI is InChI=1S/C13H29N3.C11H25N.C10H23N3.C10H23N.C6H14.C5H13N.C4H10/c1-6-12-10-14(3)11-13(7-2)16(5)9-8-15(12)4;1-6-10(3)8-12(5)9-11(4)7-2;1-3-9-7-11-8-10(4-2)13-6-5-12-9;1-5-9(3)7-11-8-10(4)6-2;1-4-6(3)5-2;1-3-5(2)4-6;1-3-4-2/h12-13H,6-11H2,1-5H3;10-11H,6-9H2,1-5H3;9-13H,3-8H2,1-2H3;9-11H,5-8H2,1-4H3;6H,4-5H2,1-3H3;5H,3-4,6H2,1-2H3;3-4H2,1-2H3. The van der Waals surface area contributed by atoms with Crippen molar-refractivity contribution in [3.05, 3.63) is 0 Å². The molecule has 2 fully saturated rings. The van der Waals surface area contributed by atoms with E-state index in [2.05, 4.69) is 201 Å². The van der Waals surface area contributed by atoms with E-state index in [4.69, 9.17) is 5.73 Å². The van der Waals surface area contributed by atoms with Crippen molar-refractivity contribution in [1.82, 2.24) is 40.9 Å². The fourth-order valence-electron chi connectivity index (χ4n) is 7.06. The van der Waals surface area contributed by atoms with Crippen LogP contribution in [0.2, 0.25) is 0 Å². The molecule has 0 aromatic rings. The summed E-state index contributed by atoms with van der Waals surface area (Å²) in [7, 11) is 9.03. The number of rotatable bonds is 21. The number of nitrogens with one attached hydrogen (secondary N) is 4. The topological polar surface area (TPSA) is 87.1 Å². The average molecular weight is 973 g/mol. The number of unbranched alkanes of at least 4 members (excludes halogenated alkanes) is 1. The highest BCUT2D eigenvalue weighted by molar-refractivity contribution is 4.80. The summed E-state index contributed by atoms with van der Waals surface area (Å²) in [5.74, 6) is 5.01. The SMILES string of the molecule is CCC(C)CC.CCC(C)CN.CCC(C)CN(C)CC(C)CC.CCC(C)CNCC(C)CC.CCC1CN(C)CC(CC)N(C)CCN1C.CCC1CNCC(CC)NCCN1.CCCC. The number of nitrogens with two attached hydrogens (primary N) is 1. The number of hydrogen-bond donors (Lipinski definition) is 5. The molecule has 0 spiro atoms. The molecule has 0 aromatic heterocycles. The second-order valence-corrected chi connectivity index (χ2v) is 21.7. The lowest BCUT2D eigenvalue weighted by Gasteiger charge is -2.30. The highest BCUT2D eigenvalue weighted by Gasteiger charge is 2.22. The van der Waals surface area contributed by atoms with Gasteiger partial charge in [-0.1, -0.05) is 189 Å². The third-order valence-electron chi connectivity index (χ3n) is 14.8. The van der Waals surface area contributed by atoms with Gasteiger partial charge in [-0.2, -0.15) is 0 Å². The molecule has 9 atom stereocenters. The second kappa shape index (κ2) is 55.9. The van der Waals surface area contributed by atoms with Crippen molar-refractivity contribution in [2.24, 2.45) is 41.2 Å². The molecule has 9 unspecified atom stereocenters. The van der Waals surface area contributed by atoms with Crippen molar-refractivity contribution in [3.63, 3.8) is 0 Å². The molecule has 9 nitrogen and oxygen atoms in total. The van der Waals surface area contributed by atoms with Gasteiger partial charge in [0.2, 0.25) is 0 Å². The van der Waals surface area contributed by atoms with E-state index in [9.17, 15) is 0 Å². The molecule has 418 valence electrons. The van der Waals surface area contributed by atoms with Crippen LogP contribution in [0, 0.1) is 35.5 Å². The zero-order valence-electron chi connectivity index (χ0n) is 51.5. The van der Waals surface area contributed by atoms with Crippen LogP contribution >= 0.6 is 0 Å². The van der Waals surface area contributed by atoms with E-state index in [0.717, 1.165) is 62.3 Å². The van der Waals surface area contributed by atoms with E-state index in [1.165, 1.54) is 136 Å². The Labute approximate surface area is 433 Å². The Morgan fingerprint density at radius 3 is 1.07 bits per heavy atom. The molecule has 68 heavy (non-hydrogen) atoms. The zero-order valence-corrected chi connectivity index (χ0v) is 51.5. The molecule has 9 heteroatoms. The fraction of sp³-hybridized carbons (Fsp3) is 1.00. The molecule has 2 aliphatic rings. The Kier molecular flexibility index (Phi) is 63.0. The number of nitrogens with zero attached hydrogens (tertiary/aromatic N) is 4. The number of hydrogen-bond acceptors (Lipinski definition) is 9. The van der Waals surface area contributed by atoms with Gasteiger partial charge in [0.05, 0.1) is 0 Å². The normalized spacial score (nSPS) is 21.8. The maximum atomic E-state index is 5.28. The summed E-state index contributed by atoms with van der Waals surface area (Å²) < 4.78 is 0. The summed E-state index contributed by atoms with van der Waals surface area (Å²) in [4.78, 5) is 10.00. The lowest BCUT2D eigenvalue weighted by Crippen LogP contribution is -2.42. The Morgan fingerprint density at radius 1 is 0.500 bits per heavy atom. The highest BCUT2D eigenvalue weighted by Crippen LogP contribution is 2.12. The molecule has 0 bridgehead atoms. The van der Waals surface area contributed by atoms with E-state index in [0.29, 0.717) is 30.1 Å². The third kappa shape index (κ3) is 52.0. The van der Waals surface area contributed by atoms with Crippen LogP contribution in [-0.4, -0.2) is 157 Å². The Bertz CT molecular complexity index is 851. The van der Waals surface area contributed by atoms with E-state index in [1.807, 2.05) is 0 Å². The van der Waals surface area contributed by atoms with Crippen molar-refractivity contribution in [2.75, 3.05) is 113 Å². The molecule has 0 aliphatic carbocycles. The Morgan fingerprint density at radius 2 is 0.838 bits per heavy atom. The molecule has 2 heterocycles. The van der Waals surface area contributed by atoms with Crippen molar-refractivity contribution in [2.45, 2.75) is 239 Å². The van der Waals surface area contributed by atoms with Gasteiger partial charge in [-0.05, 0) is 109 Å². The van der Waals surface area contributed by atoms with Crippen LogP contribution in [-0.2, 0) is 0 Å². The van der Waals surface area contributed by atoms with E-state index < -0.39 is 0 Å². The van der Waals surface area contributed by atoms with Crippen LogP contribution in [0.5, 0.6) is 0 Å². The lowest BCUT2D eigenvalue weighted by atomic mass is 10.1. The van der Waals surface area contributed by atoms with Crippen molar-refractivity contribution in [3.8, 4) is 0 Å². The molecule has 6 N–H and O–H groups in total. The van der Waals surface area contributed by atoms with Crippen LogP contribution in [0.4, 0.5) is 0 Å². The third-order valence-corrected chi connectivity index (χ3v) is 14.8. The summed E-state index contributed by atoms with van der Waals surface area (Å²) in [5, 5.41) is 14.1. The molecule has 2 saturated heterocycles. The summed E-state index contributed by atoms with van der Waals surface area (Å²) in [6, 6.07) is 2.73. The molecule has 0 amide bonds. The minimum atomic E-state index is 0.650. The van der Waals surface area contributed by atoms with Crippen LogP contribution in [0.1, 0.15) is 215 Å². The first-order valence-corrected chi connectivity index (χ1v) is 29.6. The van der Waals surface area contributed by atoms with Crippen molar-refractivity contribution < 1.29 is 0 Å². The fourth-order valence-corrected chi connectivity index (χ4v) is 7.06. The smallest absolute Gasteiger partial charge is 0.0217 e. The van der Waals surface area contributed by atoms with E-state index in [-0.39, 0.29) is 0 Å². The van der Waals surface area contributed by atoms with Crippen LogP contribution in [0.15, 0.2) is 0 Å². The summed E-state index contributed by atoms with van der Waals surface area (Å²) in [6.45, 7) is 57.6. The Hall–Kier alpha value is -0.360. The first-order valence-electron chi connectivity index (χ1n) is 29.6. The average Bonchev–Trinajstić information content (AvgIpc) is 3.51. The first kappa shape index (κ1) is 76.6. The summed E-state index contributed by atoms with van der Waals surface area (Å²) in [6.07, 6.45) is 16.6. The maximum Gasteiger partial charge on any atom is 0.0217 e. The lowest BCUT2D eigenvalue weighted by molar-refractivity contribution is 0.183. The van der Waals surface area contributed by atoms with Gasteiger partial charge in [-0.25, -0.2) is 0 Å². The van der Waals surface area contributed by atoms with Gasteiger partial charge in [-0.15, -0.1) is 0 Å². The minimum Gasteiger partial charge on any atom is -0.330 e. The van der Waals surface area contributed by atoms with Gasteiger partial charge in [-0.3, -0.25) is 0 Å². The van der Waals surface area contributed by atoms with Crippen LogP contribution in [0.3, 0.4) is 0 Å². The minimum absolute atomic E-state index is 0.650. The van der Waals surface area contributed by atoms with Crippen LogP contribution in [0.25, 0.3) is 0 Å². The monoisotopic (exact) mass is 972 g/mol.